The van der Waals surface area contributed by atoms with Gasteiger partial charge in [-0.1, -0.05) is 25.6 Å². The Bertz CT molecular complexity index is 361. The molecule has 0 saturated heterocycles. The lowest BCUT2D eigenvalue weighted by Crippen LogP contribution is -2.45. The molecule has 6 nitrogen and oxygen atoms in total. The summed E-state index contributed by atoms with van der Waals surface area (Å²) >= 11 is 1.08. The minimum absolute atomic E-state index is 0.0579. The smallest absolute Gasteiger partial charge is 0.326 e. The van der Waals surface area contributed by atoms with E-state index in [0.29, 0.717) is 31.6 Å². The summed E-state index contributed by atoms with van der Waals surface area (Å²) in [7, 11) is 0. The van der Waals surface area contributed by atoms with Crippen LogP contribution in [0, 0.1) is 11.8 Å². The van der Waals surface area contributed by atoms with E-state index < -0.39 is 17.9 Å². The minimum Gasteiger partial charge on any atom is -0.480 e. The SMILES string of the molecule is CC(=O)SCC(CCCN)C(=O)N[C@@H](CC(C)C)C(=O)O. The third-order valence-corrected chi connectivity index (χ3v) is 3.91. The van der Waals surface area contributed by atoms with E-state index >= 15 is 0 Å². The summed E-state index contributed by atoms with van der Waals surface area (Å²) in [6, 6.07) is -0.889. The van der Waals surface area contributed by atoms with Crippen molar-refractivity contribution in [1.29, 1.82) is 0 Å². The van der Waals surface area contributed by atoms with E-state index in [1.165, 1.54) is 6.92 Å². The van der Waals surface area contributed by atoms with E-state index in [2.05, 4.69) is 5.32 Å². The van der Waals surface area contributed by atoms with Crippen molar-refractivity contribution in [3.05, 3.63) is 0 Å². The zero-order valence-electron chi connectivity index (χ0n) is 12.9. The zero-order valence-corrected chi connectivity index (χ0v) is 13.7. The molecule has 21 heavy (non-hydrogen) atoms. The van der Waals surface area contributed by atoms with Crippen LogP contribution in [0.4, 0.5) is 0 Å². The second kappa shape index (κ2) is 10.6. The van der Waals surface area contributed by atoms with Crippen LogP contribution in [0.1, 0.15) is 40.0 Å². The van der Waals surface area contributed by atoms with Crippen molar-refractivity contribution >= 4 is 28.8 Å². The Hall–Kier alpha value is -1.08. The Labute approximate surface area is 130 Å². The maximum absolute atomic E-state index is 12.2. The number of nitrogens with two attached hydrogens (primary N) is 1. The van der Waals surface area contributed by atoms with Gasteiger partial charge in [-0.2, -0.15) is 0 Å². The highest BCUT2D eigenvalue weighted by Gasteiger charge is 2.26. The van der Waals surface area contributed by atoms with Gasteiger partial charge in [0.2, 0.25) is 5.91 Å². The molecule has 0 heterocycles. The summed E-state index contributed by atoms with van der Waals surface area (Å²) in [4.78, 5) is 34.4. The number of amides is 1. The molecule has 0 aliphatic rings. The molecule has 0 bridgehead atoms. The first-order valence-electron chi connectivity index (χ1n) is 7.14. The second-order valence-corrected chi connectivity index (χ2v) is 6.66. The van der Waals surface area contributed by atoms with E-state index in [-0.39, 0.29) is 16.9 Å². The van der Waals surface area contributed by atoms with Gasteiger partial charge in [-0.15, -0.1) is 0 Å². The van der Waals surface area contributed by atoms with Gasteiger partial charge in [-0.05, 0) is 31.7 Å². The standard InChI is InChI=1S/C14H26N2O4S/c1-9(2)7-12(14(19)20)16-13(18)11(5-4-6-15)8-21-10(3)17/h9,11-12H,4-8,15H2,1-3H3,(H,16,18)(H,19,20)/t11?,12-/m0/s1. The van der Waals surface area contributed by atoms with Crippen LogP contribution < -0.4 is 11.1 Å². The number of carbonyl (C=O) groups is 3. The molecule has 2 atom stereocenters. The fourth-order valence-electron chi connectivity index (χ4n) is 1.85. The first kappa shape index (κ1) is 19.9. The fourth-order valence-corrected chi connectivity index (χ4v) is 2.61. The molecule has 0 aliphatic carbocycles. The van der Waals surface area contributed by atoms with Crippen molar-refractivity contribution in [3.8, 4) is 0 Å². The van der Waals surface area contributed by atoms with E-state index in [0.717, 1.165) is 11.8 Å². The van der Waals surface area contributed by atoms with Crippen molar-refractivity contribution < 1.29 is 19.5 Å². The van der Waals surface area contributed by atoms with Crippen LogP contribution in [0.15, 0.2) is 0 Å². The van der Waals surface area contributed by atoms with Gasteiger partial charge in [0.1, 0.15) is 6.04 Å². The molecule has 0 aromatic carbocycles. The minimum atomic E-state index is -1.03. The number of nitrogens with one attached hydrogen (secondary N) is 1. The van der Waals surface area contributed by atoms with Crippen molar-refractivity contribution in [2.45, 2.75) is 46.1 Å². The van der Waals surface area contributed by atoms with E-state index in [9.17, 15) is 14.4 Å². The maximum Gasteiger partial charge on any atom is 0.326 e. The average molecular weight is 318 g/mol. The number of thioether (sulfide) groups is 1. The summed E-state index contributed by atoms with van der Waals surface area (Å²) < 4.78 is 0. The molecule has 0 aromatic rings. The van der Waals surface area contributed by atoms with Gasteiger partial charge in [0.25, 0.3) is 0 Å². The number of carboxylic acid groups (broad SMARTS) is 1. The van der Waals surface area contributed by atoms with Crippen LogP contribution in [0.3, 0.4) is 0 Å². The van der Waals surface area contributed by atoms with Gasteiger partial charge in [0.15, 0.2) is 5.12 Å². The lowest BCUT2D eigenvalue weighted by molar-refractivity contribution is -0.142. The summed E-state index contributed by atoms with van der Waals surface area (Å²) in [6.45, 7) is 5.71. The van der Waals surface area contributed by atoms with Gasteiger partial charge >= 0.3 is 5.97 Å². The average Bonchev–Trinajstić information content (AvgIpc) is 2.36. The Balaban J connectivity index is 4.66. The summed E-state index contributed by atoms with van der Waals surface area (Å²) in [5.74, 6) is -1.22. The largest absolute Gasteiger partial charge is 0.480 e. The van der Waals surface area contributed by atoms with Crippen LogP contribution in [0.2, 0.25) is 0 Å². The number of aliphatic carboxylic acids is 1. The van der Waals surface area contributed by atoms with Crippen molar-refractivity contribution in [1.82, 2.24) is 5.32 Å². The molecule has 0 spiro atoms. The van der Waals surface area contributed by atoms with E-state index in [1.54, 1.807) is 0 Å². The molecule has 0 radical (unpaired) electrons. The van der Waals surface area contributed by atoms with Crippen molar-refractivity contribution in [3.63, 3.8) is 0 Å². The predicted octanol–water partition coefficient (Wildman–Crippen LogP) is 1.24. The topological polar surface area (TPSA) is 109 Å². The molecule has 7 heteroatoms. The van der Waals surface area contributed by atoms with Gasteiger partial charge in [-0.25, -0.2) is 4.79 Å². The number of carboxylic acids is 1. The molecule has 0 aliphatic heterocycles. The van der Waals surface area contributed by atoms with Crippen LogP contribution in [0.25, 0.3) is 0 Å². The van der Waals surface area contributed by atoms with Crippen LogP contribution in [-0.2, 0) is 14.4 Å². The number of hydrogen-bond donors (Lipinski definition) is 3. The Kier molecular flexibility index (Phi) is 10.1. The molecule has 0 saturated carbocycles. The molecular formula is C14H26N2O4S. The highest BCUT2D eigenvalue weighted by molar-refractivity contribution is 8.13. The molecule has 0 rings (SSSR count). The molecule has 4 N–H and O–H groups in total. The second-order valence-electron chi connectivity index (χ2n) is 5.46. The fraction of sp³-hybridized carbons (Fsp3) is 0.786. The highest BCUT2D eigenvalue weighted by atomic mass is 32.2. The van der Waals surface area contributed by atoms with Crippen LogP contribution >= 0.6 is 11.8 Å². The summed E-state index contributed by atoms with van der Waals surface area (Å²) in [6.07, 6.45) is 1.60. The lowest BCUT2D eigenvalue weighted by Gasteiger charge is -2.21. The lowest BCUT2D eigenvalue weighted by atomic mass is 10.0. The zero-order chi connectivity index (χ0) is 16.4. The van der Waals surface area contributed by atoms with Gasteiger partial charge < -0.3 is 16.2 Å². The van der Waals surface area contributed by atoms with E-state index in [1.807, 2.05) is 13.8 Å². The monoisotopic (exact) mass is 318 g/mol. The van der Waals surface area contributed by atoms with Gasteiger partial charge in [0.05, 0.1) is 0 Å². The predicted molar refractivity (Wildman–Crippen MR) is 83.9 cm³/mol. The molecule has 0 fully saturated rings. The highest BCUT2D eigenvalue weighted by Crippen LogP contribution is 2.16. The first-order chi connectivity index (χ1) is 9.77. The molecule has 1 unspecified atom stereocenters. The Morgan fingerprint density at radius 3 is 2.33 bits per heavy atom. The normalized spacial score (nSPS) is 13.8. The summed E-state index contributed by atoms with van der Waals surface area (Å²) in [5.41, 5.74) is 5.45. The van der Waals surface area contributed by atoms with Gasteiger partial charge in [-0.3, -0.25) is 9.59 Å². The van der Waals surface area contributed by atoms with Gasteiger partial charge in [0, 0.05) is 18.6 Å². The summed E-state index contributed by atoms with van der Waals surface area (Å²) in [5, 5.41) is 11.7. The first-order valence-corrected chi connectivity index (χ1v) is 8.13. The molecular weight excluding hydrogens is 292 g/mol. The third kappa shape index (κ3) is 9.47. The van der Waals surface area contributed by atoms with Crippen LogP contribution in [-0.4, -0.2) is 40.4 Å². The third-order valence-electron chi connectivity index (χ3n) is 2.94. The quantitative estimate of drug-likeness (QED) is 0.559. The molecule has 0 aromatic heterocycles. The number of hydrogen-bond acceptors (Lipinski definition) is 5. The van der Waals surface area contributed by atoms with Crippen LogP contribution in [0.5, 0.6) is 0 Å². The van der Waals surface area contributed by atoms with Crippen molar-refractivity contribution in [2.24, 2.45) is 17.6 Å². The molecule has 1 amide bonds. The number of rotatable bonds is 10. The van der Waals surface area contributed by atoms with Crippen molar-refractivity contribution in [2.75, 3.05) is 12.3 Å². The maximum atomic E-state index is 12.2. The van der Waals surface area contributed by atoms with E-state index in [4.69, 9.17) is 10.8 Å². The Morgan fingerprint density at radius 2 is 1.90 bits per heavy atom. The molecule has 122 valence electrons. The number of carbonyl (C=O) groups excluding carboxylic acids is 2. The Morgan fingerprint density at radius 1 is 1.29 bits per heavy atom.